The molecule has 2 N–H and O–H groups in total. The van der Waals surface area contributed by atoms with Crippen LogP contribution in [-0.2, 0) is 22.6 Å². The number of nitrogens with zero attached hydrogens (tertiary/aromatic N) is 1. The smallest absolute Gasteiger partial charge is 0.341 e. The van der Waals surface area contributed by atoms with E-state index in [0.29, 0.717) is 25.1 Å². The normalized spacial score (nSPS) is 20.3. The van der Waals surface area contributed by atoms with Crippen LogP contribution in [0.15, 0.2) is 60.7 Å². The highest BCUT2D eigenvalue weighted by Crippen LogP contribution is 2.39. The first-order chi connectivity index (χ1) is 19.8. The number of aliphatic hydroxyl groups excluding tert-OH is 1. The number of piperidine rings is 1. The Morgan fingerprint density at radius 2 is 1.88 bits per heavy atom. The molecule has 2 fully saturated rings. The molecule has 41 heavy (non-hydrogen) atoms. The molecule has 3 aromatic rings. The number of hydrogen-bond acceptors (Lipinski definition) is 6. The van der Waals surface area contributed by atoms with Crippen LogP contribution >= 0.6 is 0 Å². The minimum absolute atomic E-state index is 0.0114. The summed E-state index contributed by atoms with van der Waals surface area (Å²) in [4.78, 5) is 26.9. The van der Waals surface area contributed by atoms with Gasteiger partial charge in [-0.05, 0) is 66.8 Å². The van der Waals surface area contributed by atoms with E-state index in [1.165, 1.54) is 24.3 Å². The summed E-state index contributed by atoms with van der Waals surface area (Å²) in [5.74, 6) is -1.66. The van der Waals surface area contributed by atoms with Gasteiger partial charge < -0.3 is 19.9 Å². The third-order valence-corrected chi connectivity index (χ3v) is 7.75. The predicted octanol–water partition coefficient (Wildman–Crippen LogP) is 4.71. The molecule has 0 radical (unpaired) electrons. The number of carbonyl (C=O) groups excluding carboxylic acids is 2. The van der Waals surface area contributed by atoms with Crippen molar-refractivity contribution in [1.29, 1.82) is 0 Å². The number of amides is 1. The summed E-state index contributed by atoms with van der Waals surface area (Å²) in [6.07, 6.45) is 2.34. The van der Waals surface area contributed by atoms with E-state index in [-0.39, 0.29) is 47.1 Å². The van der Waals surface area contributed by atoms with Crippen LogP contribution in [0, 0.1) is 23.5 Å². The monoisotopic (exact) mass is 564 g/mol. The fraction of sp³-hybridized carbons (Fsp3) is 0.375. The zero-order chi connectivity index (χ0) is 28.9. The quantitative estimate of drug-likeness (QED) is 0.347. The molecule has 216 valence electrons. The van der Waals surface area contributed by atoms with Crippen molar-refractivity contribution in [3.05, 3.63) is 89.0 Å². The molecule has 7 nitrogen and oxygen atoms in total. The van der Waals surface area contributed by atoms with Crippen LogP contribution in [0.2, 0.25) is 0 Å². The molecule has 1 saturated heterocycles. The summed E-state index contributed by atoms with van der Waals surface area (Å²) in [7, 11) is 1.16. The number of carbonyl (C=O) groups is 2. The fourth-order valence-electron chi connectivity index (χ4n) is 5.33. The molecule has 1 saturated carbocycles. The van der Waals surface area contributed by atoms with Gasteiger partial charge in [0.25, 0.3) is 0 Å². The first kappa shape index (κ1) is 28.7. The number of esters is 1. The van der Waals surface area contributed by atoms with Crippen molar-refractivity contribution in [3.63, 3.8) is 0 Å². The van der Waals surface area contributed by atoms with Gasteiger partial charge in [0.05, 0.1) is 19.8 Å². The highest BCUT2D eigenvalue weighted by atomic mass is 19.1. The third-order valence-electron chi connectivity index (χ3n) is 7.75. The summed E-state index contributed by atoms with van der Waals surface area (Å²) in [6, 6.07) is 16.3. The van der Waals surface area contributed by atoms with Crippen molar-refractivity contribution < 1.29 is 33.0 Å². The van der Waals surface area contributed by atoms with Crippen LogP contribution in [0.4, 0.5) is 8.78 Å². The number of hydrogen-bond donors (Lipinski definition) is 2. The van der Waals surface area contributed by atoms with Gasteiger partial charge in [0.2, 0.25) is 5.91 Å². The Hall–Kier alpha value is -3.82. The molecule has 0 spiro atoms. The number of nitrogens with one attached hydrogen (secondary N) is 1. The maximum atomic E-state index is 14.9. The molecule has 1 aliphatic heterocycles. The number of benzene rings is 3. The van der Waals surface area contributed by atoms with E-state index in [9.17, 15) is 23.5 Å². The SMILES string of the molecule is COC(=O)c1c(F)cccc1-c1ccc(CNC(=O)C2CC2COc2ccc(CN3CCCC(O)C3)cc2)c(F)c1. The van der Waals surface area contributed by atoms with E-state index in [0.717, 1.165) is 50.4 Å². The molecule has 1 aliphatic carbocycles. The lowest BCUT2D eigenvalue weighted by atomic mass is 9.98. The summed E-state index contributed by atoms with van der Waals surface area (Å²) in [5.41, 5.74) is 1.74. The van der Waals surface area contributed by atoms with Crippen molar-refractivity contribution in [2.45, 2.75) is 38.5 Å². The molecule has 2 aliphatic rings. The Bertz CT molecular complexity index is 1400. The predicted molar refractivity (Wildman–Crippen MR) is 149 cm³/mol. The van der Waals surface area contributed by atoms with Gasteiger partial charge in [-0.2, -0.15) is 0 Å². The van der Waals surface area contributed by atoms with Crippen LogP contribution in [0.1, 0.15) is 40.7 Å². The second-order valence-electron chi connectivity index (χ2n) is 10.8. The molecule has 1 amide bonds. The van der Waals surface area contributed by atoms with Crippen molar-refractivity contribution in [2.24, 2.45) is 11.8 Å². The highest BCUT2D eigenvalue weighted by Gasteiger charge is 2.43. The van der Waals surface area contributed by atoms with E-state index >= 15 is 0 Å². The maximum Gasteiger partial charge on any atom is 0.341 e. The summed E-state index contributed by atoms with van der Waals surface area (Å²) < 4.78 is 39.7. The van der Waals surface area contributed by atoms with Gasteiger partial charge in [-0.1, -0.05) is 36.4 Å². The van der Waals surface area contributed by atoms with Gasteiger partial charge in [0, 0.05) is 37.0 Å². The zero-order valence-corrected chi connectivity index (χ0v) is 22.9. The molecule has 0 aromatic heterocycles. The average molecular weight is 565 g/mol. The average Bonchev–Trinajstić information content (AvgIpc) is 3.75. The van der Waals surface area contributed by atoms with Crippen molar-refractivity contribution in [3.8, 4) is 16.9 Å². The number of methoxy groups -OCH3 is 1. The van der Waals surface area contributed by atoms with E-state index in [4.69, 9.17) is 4.74 Å². The molecule has 3 aromatic carbocycles. The van der Waals surface area contributed by atoms with Gasteiger partial charge in [0.1, 0.15) is 22.9 Å². The van der Waals surface area contributed by atoms with Gasteiger partial charge >= 0.3 is 5.97 Å². The molecule has 9 heteroatoms. The molecule has 5 rings (SSSR count). The largest absolute Gasteiger partial charge is 0.493 e. The number of likely N-dealkylation sites (tertiary alicyclic amines) is 1. The number of rotatable bonds is 10. The number of halogens is 2. The molecular weight excluding hydrogens is 530 g/mol. The Morgan fingerprint density at radius 3 is 2.61 bits per heavy atom. The Kier molecular flexibility index (Phi) is 8.95. The highest BCUT2D eigenvalue weighted by molar-refractivity contribution is 5.97. The number of aliphatic hydroxyl groups is 1. The minimum Gasteiger partial charge on any atom is -0.493 e. The van der Waals surface area contributed by atoms with Gasteiger partial charge in [-0.15, -0.1) is 0 Å². The second-order valence-corrected chi connectivity index (χ2v) is 10.8. The van der Waals surface area contributed by atoms with Crippen LogP contribution in [0.25, 0.3) is 11.1 Å². The Morgan fingerprint density at radius 1 is 1.07 bits per heavy atom. The molecule has 3 unspecified atom stereocenters. The van der Waals surface area contributed by atoms with Crippen LogP contribution in [0.3, 0.4) is 0 Å². The van der Waals surface area contributed by atoms with Crippen molar-refractivity contribution >= 4 is 11.9 Å². The zero-order valence-electron chi connectivity index (χ0n) is 22.9. The van der Waals surface area contributed by atoms with Crippen molar-refractivity contribution in [2.75, 3.05) is 26.8 Å². The first-order valence-electron chi connectivity index (χ1n) is 13.9. The first-order valence-corrected chi connectivity index (χ1v) is 13.9. The lowest BCUT2D eigenvalue weighted by Crippen LogP contribution is -2.37. The number of ether oxygens (including phenoxy) is 2. The Labute approximate surface area is 238 Å². The Balaban J connectivity index is 1.09. The van der Waals surface area contributed by atoms with Crippen molar-refractivity contribution in [1.82, 2.24) is 10.2 Å². The van der Waals surface area contributed by atoms with Gasteiger partial charge in [0.15, 0.2) is 0 Å². The van der Waals surface area contributed by atoms with E-state index in [2.05, 4.69) is 15.0 Å². The summed E-state index contributed by atoms with van der Waals surface area (Å²) in [6.45, 7) is 2.93. The number of β-amino-alcohol motifs (C(OH)–C–C–N with tert-alkyl or cyclic N) is 1. The second kappa shape index (κ2) is 12.8. The van der Waals surface area contributed by atoms with Crippen LogP contribution < -0.4 is 10.1 Å². The minimum atomic E-state index is -0.843. The molecule has 3 atom stereocenters. The van der Waals surface area contributed by atoms with Crippen LogP contribution in [-0.4, -0.2) is 54.8 Å². The summed E-state index contributed by atoms with van der Waals surface area (Å²) >= 11 is 0. The van der Waals surface area contributed by atoms with Crippen LogP contribution in [0.5, 0.6) is 5.75 Å². The van der Waals surface area contributed by atoms with E-state index < -0.39 is 17.6 Å². The standard InChI is InChI=1S/C32H34F2N2O5/c1-40-32(39)30-26(5-2-6-28(30)33)21-9-10-22(29(34)15-21)16-35-31(38)27-14-23(27)19-41-25-11-7-20(8-12-25)17-36-13-3-4-24(37)18-36/h2,5-12,15,23-24,27,37H,3-4,13-14,16-19H2,1H3,(H,35,38). The van der Waals surface area contributed by atoms with E-state index in [1.807, 2.05) is 24.3 Å². The third kappa shape index (κ3) is 7.10. The van der Waals surface area contributed by atoms with Gasteiger partial charge in [-0.3, -0.25) is 9.69 Å². The molecule has 1 heterocycles. The lowest BCUT2D eigenvalue weighted by Gasteiger charge is -2.29. The topological polar surface area (TPSA) is 88.1 Å². The molecular formula is C32H34F2N2O5. The maximum absolute atomic E-state index is 14.9. The molecule has 0 bridgehead atoms. The lowest BCUT2D eigenvalue weighted by molar-refractivity contribution is -0.122. The fourth-order valence-corrected chi connectivity index (χ4v) is 5.33. The van der Waals surface area contributed by atoms with Gasteiger partial charge in [-0.25, -0.2) is 13.6 Å². The summed E-state index contributed by atoms with van der Waals surface area (Å²) in [5, 5.41) is 12.6. The van der Waals surface area contributed by atoms with E-state index in [1.54, 1.807) is 6.07 Å².